The number of hydrogen-bond acceptors (Lipinski definition) is 5. The highest BCUT2D eigenvalue weighted by atomic mass is 16.5. The first-order chi connectivity index (χ1) is 12.3. The summed E-state index contributed by atoms with van der Waals surface area (Å²) >= 11 is 0. The van der Waals surface area contributed by atoms with Gasteiger partial charge in [0.25, 0.3) is 5.91 Å². The number of rotatable bonds is 6. The molecule has 1 aromatic heterocycles. The summed E-state index contributed by atoms with van der Waals surface area (Å²) in [6.07, 6.45) is 1.61. The molecule has 0 radical (unpaired) electrons. The fourth-order valence-electron chi connectivity index (χ4n) is 3.03. The molecule has 1 saturated heterocycles. The minimum Gasteiger partial charge on any atom is -0.480 e. The zero-order valence-electron chi connectivity index (χ0n) is 14.4. The third kappa shape index (κ3) is 4.35. The van der Waals surface area contributed by atoms with Crippen molar-refractivity contribution >= 4 is 5.91 Å². The monoisotopic (exact) mass is 341 g/mol. The molecule has 1 aliphatic rings. The number of pyridine rings is 1. The van der Waals surface area contributed by atoms with E-state index < -0.39 is 0 Å². The molecule has 1 amide bonds. The minimum absolute atomic E-state index is 0.108. The molecule has 6 nitrogen and oxygen atoms in total. The average molecular weight is 341 g/mol. The van der Waals surface area contributed by atoms with Gasteiger partial charge in [-0.05, 0) is 17.7 Å². The van der Waals surface area contributed by atoms with Crippen LogP contribution < -0.4 is 10.1 Å². The molecule has 3 rings (SSSR count). The third-order valence-corrected chi connectivity index (χ3v) is 4.34. The molecule has 25 heavy (non-hydrogen) atoms. The van der Waals surface area contributed by atoms with Crippen molar-refractivity contribution in [2.45, 2.75) is 6.04 Å². The van der Waals surface area contributed by atoms with Gasteiger partial charge in [-0.15, -0.1) is 0 Å². The molecular weight excluding hydrogens is 318 g/mol. The summed E-state index contributed by atoms with van der Waals surface area (Å²) in [7, 11) is 1.51. The zero-order chi connectivity index (χ0) is 17.5. The fourth-order valence-corrected chi connectivity index (χ4v) is 3.03. The van der Waals surface area contributed by atoms with Crippen LogP contribution in [0.25, 0.3) is 0 Å². The fraction of sp³-hybridized carbons (Fsp3) is 0.368. The molecule has 1 fully saturated rings. The first kappa shape index (κ1) is 17.4. The first-order valence-electron chi connectivity index (χ1n) is 8.43. The number of morpholine rings is 1. The van der Waals surface area contributed by atoms with Gasteiger partial charge < -0.3 is 14.8 Å². The van der Waals surface area contributed by atoms with Crippen LogP contribution in [0.1, 0.15) is 22.0 Å². The van der Waals surface area contributed by atoms with E-state index in [1.165, 1.54) is 12.7 Å². The summed E-state index contributed by atoms with van der Waals surface area (Å²) in [5.41, 5.74) is 1.63. The number of carbonyl (C=O) groups excluding carboxylic acids is 1. The Balaban J connectivity index is 1.73. The second kappa shape index (κ2) is 8.60. The summed E-state index contributed by atoms with van der Waals surface area (Å²) in [5.74, 6) is 0.154. The molecule has 1 unspecified atom stereocenters. The minimum atomic E-state index is -0.181. The van der Waals surface area contributed by atoms with Crippen LogP contribution in [-0.4, -0.2) is 55.7 Å². The Kier molecular flexibility index (Phi) is 5.98. The van der Waals surface area contributed by atoms with E-state index >= 15 is 0 Å². The van der Waals surface area contributed by atoms with Crippen LogP contribution in [0.4, 0.5) is 0 Å². The Hall–Kier alpha value is -2.44. The molecule has 132 valence electrons. The number of amides is 1. The molecule has 0 saturated carbocycles. The summed E-state index contributed by atoms with van der Waals surface area (Å²) in [6, 6.07) is 13.8. The molecule has 2 heterocycles. The van der Waals surface area contributed by atoms with Crippen molar-refractivity contribution in [3.63, 3.8) is 0 Å². The molecule has 1 N–H and O–H groups in total. The lowest BCUT2D eigenvalue weighted by Gasteiger charge is -2.35. The zero-order valence-corrected chi connectivity index (χ0v) is 14.4. The van der Waals surface area contributed by atoms with Crippen LogP contribution in [-0.2, 0) is 4.74 Å². The lowest BCUT2D eigenvalue weighted by atomic mass is 10.0. The van der Waals surface area contributed by atoms with Gasteiger partial charge in [-0.1, -0.05) is 30.3 Å². The van der Waals surface area contributed by atoms with Crippen molar-refractivity contribution in [2.24, 2.45) is 0 Å². The average Bonchev–Trinajstić information content (AvgIpc) is 2.69. The predicted molar refractivity (Wildman–Crippen MR) is 94.7 cm³/mol. The highest BCUT2D eigenvalue weighted by Crippen LogP contribution is 2.21. The van der Waals surface area contributed by atoms with Crippen molar-refractivity contribution in [3.05, 3.63) is 59.8 Å². The highest BCUT2D eigenvalue weighted by molar-refractivity contribution is 5.96. The van der Waals surface area contributed by atoms with E-state index in [1.807, 2.05) is 18.2 Å². The van der Waals surface area contributed by atoms with Gasteiger partial charge in [0.05, 0.1) is 26.4 Å². The molecule has 6 heteroatoms. The topological polar surface area (TPSA) is 63.7 Å². The largest absolute Gasteiger partial charge is 0.480 e. The Bertz CT molecular complexity index is 687. The van der Waals surface area contributed by atoms with Crippen LogP contribution in [0.15, 0.2) is 48.7 Å². The summed E-state index contributed by atoms with van der Waals surface area (Å²) in [4.78, 5) is 19.0. The van der Waals surface area contributed by atoms with Gasteiger partial charge in [0.1, 0.15) is 5.56 Å². The van der Waals surface area contributed by atoms with Gasteiger partial charge in [0, 0.05) is 25.8 Å². The molecule has 2 aromatic rings. The van der Waals surface area contributed by atoms with Gasteiger partial charge in [-0.25, -0.2) is 4.98 Å². The molecule has 0 bridgehead atoms. The number of aromatic nitrogens is 1. The number of nitrogens with zero attached hydrogens (tertiary/aromatic N) is 2. The lowest BCUT2D eigenvalue weighted by molar-refractivity contribution is 0.0162. The number of hydrogen-bond donors (Lipinski definition) is 1. The predicted octanol–water partition coefficient (Wildman–Crippen LogP) is 1.89. The molecule has 1 aromatic carbocycles. The van der Waals surface area contributed by atoms with E-state index in [0.29, 0.717) is 31.2 Å². The van der Waals surface area contributed by atoms with Crippen molar-refractivity contribution in [1.82, 2.24) is 15.2 Å². The number of methoxy groups -OCH3 is 1. The Morgan fingerprint density at radius 1 is 1.24 bits per heavy atom. The van der Waals surface area contributed by atoms with E-state index in [4.69, 9.17) is 9.47 Å². The van der Waals surface area contributed by atoms with Gasteiger partial charge in [0.2, 0.25) is 5.88 Å². The van der Waals surface area contributed by atoms with E-state index in [1.54, 1.807) is 18.3 Å². The van der Waals surface area contributed by atoms with Crippen molar-refractivity contribution in [3.8, 4) is 5.88 Å². The number of benzene rings is 1. The smallest absolute Gasteiger partial charge is 0.256 e. The van der Waals surface area contributed by atoms with Crippen LogP contribution in [0.3, 0.4) is 0 Å². The summed E-state index contributed by atoms with van der Waals surface area (Å²) < 4.78 is 10.6. The van der Waals surface area contributed by atoms with E-state index in [9.17, 15) is 4.79 Å². The number of carbonyl (C=O) groups is 1. The van der Waals surface area contributed by atoms with Crippen molar-refractivity contribution in [1.29, 1.82) is 0 Å². The van der Waals surface area contributed by atoms with E-state index in [0.717, 1.165) is 13.1 Å². The lowest BCUT2D eigenvalue weighted by Crippen LogP contribution is -2.43. The molecular formula is C19H23N3O3. The van der Waals surface area contributed by atoms with Crippen molar-refractivity contribution in [2.75, 3.05) is 40.0 Å². The van der Waals surface area contributed by atoms with Gasteiger partial charge in [-0.3, -0.25) is 9.69 Å². The van der Waals surface area contributed by atoms with Gasteiger partial charge in [0.15, 0.2) is 0 Å². The maximum absolute atomic E-state index is 12.6. The van der Waals surface area contributed by atoms with E-state index in [2.05, 4.69) is 27.3 Å². The second-order valence-corrected chi connectivity index (χ2v) is 5.85. The van der Waals surface area contributed by atoms with Gasteiger partial charge >= 0.3 is 0 Å². The maximum Gasteiger partial charge on any atom is 0.256 e. The molecule has 1 aliphatic heterocycles. The van der Waals surface area contributed by atoms with Crippen LogP contribution >= 0.6 is 0 Å². The third-order valence-electron chi connectivity index (χ3n) is 4.34. The Labute approximate surface area is 147 Å². The van der Waals surface area contributed by atoms with Crippen LogP contribution in [0, 0.1) is 0 Å². The first-order valence-corrected chi connectivity index (χ1v) is 8.43. The number of ether oxygens (including phenoxy) is 2. The summed E-state index contributed by atoms with van der Waals surface area (Å²) in [5, 5.41) is 3.03. The van der Waals surface area contributed by atoms with Gasteiger partial charge in [-0.2, -0.15) is 0 Å². The standard InChI is InChI=1S/C19H23N3O3/c1-24-19-16(8-5-9-20-19)18(23)21-14-17(15-6-3-2-4-7-15)22-10-12-25-13-11-22/h2-9,17H,10-14H2,1H3,(H,21,23). The molecule has 0 spiro atoms. The van der Waals surface area contributed by atoms with Crippen LogP contribution in [0.2, 0.25) is 0 Å². The highest BCUT2D eigenvalue weighted by Gasteiger charge is 2.23. The maximum atomic E-state index is 12.6. The molecule has 1 atom stereocenters. The SMILES string of the molecule is COc1ncccc1C(=O)NCC(c1ccccc1)N1CCOCC1. The van der Waals surface area contributed by atoms with E-state index in [-0.39, 0.29) is 11.9 Å². The summed E-state index contributed by atoms with van der Waals surface area (Å²) in [6.45, 7) is 3.65. The second-order valence-electron chi connectivity index (χ2n) is 5.85. The Morgan fingerprint density at radius 3 is 2.72 bits per heavy atom. The van der Waals surface area contributed by atoms with Crippen molar-refractivity contribution < 1.29 is 14.3 Å². The quantitative estimate of drug-likeness (QED) is 0.869. The normalized spacial score (nSPS) is 16.2. The van der Waals surface area contributed by atoms with Crippen LogP contribution in [0.5, 0.6) is 5.88 Å². The molecule has 0 aliphatic carbocycles. The number of nitrogens with one attached hydrogen (secondary N) is 1. The Morgan fingerprint density at radius 2 is 2.00 bits per heavy atom.